The zero-order chi connectivity index (χ0) is 21.0. The van der Waals surface area contributed by atoms with Gasteiger partial charge in [-0.3, -0.25) is 0 Å². The molecule has 0 bridgehead atoms. The first-order valence-corrected chi connectivity index (χ1v) is 12.7. The molecule has 1 heteroatoms. The van der Waals surface area contributed by atoms with Crippen LogP contribution in [-0.4, -0.2) is 11.2 Å². The fourth-order valence-electron chi connectivity index (χ4n) is 8.24. The number of rotatable bonds is 4. The van der Waals surface area contributed by atoms with Crippen molar-refractivity contribution in [1.29, 1.82) is 0 Å². The van der Waals surface area contributed by atoms with Crippen LogP contribution in [0.4, 0.5) is 0 Å². The van der Waals surface area contributed by atoms with E-state index in [4.69, 9.17) is 0 Å². The lowest BCUT2D eigenvalue weighted by molar-refractivity contribution is -0.0424. The molecule has 1 unspecified atom stereocenters. The van der Waals surface area contributed by atoms with Gasteiger partial charge in [-0.25, -0.2) is 0 Å². The lowest BCUT2D eigenvalue weighted by atomic mass is 9.47. The van der Waals surface area contributed by atoms with Crippen LogP contribution in [0, 0.1) is 46.3 Å². The van der Waals surface area contributed by atoms with Crippen molar-refractivity contribution in [2.24, 2.45) is 46.3 Å². The van der Waals surface area contributed by atoms with Crippen molar-refractivity contribution in [3.8, 4) is 0 Å². The van der Waals surface area contributed by atoms with Crippen molar-refractivity contribution in [3.63, 3.8) is 0 Å². The third-order valence-electron chi connectivity index (χ3n) is 10.5. The summed E-state index contributed by atoms with van der Waals surface area (Å²) < 4.78 is 0. The Hall–Kier alpha value is -0.560. The minimum Gasteiger partial charge on any atom is -0.393 e. The number of hydrogen-bond donors (Lipinski definition) is 1. The van der Waals surface area contributed by atoms with Gasteiger partial charge in [-0.1, -0.05) is 57.9 Å². The molecule has 0 saturated heterocycles. The van der Waals surface area contributed by atoms with E-state index in [1.165, 1.54) is 44.9 Å². The smallest absolute Gasteiger partial charge is 0.0543 e. The predicted octanol–water partition coefficient (Wildman–Crippen LogP) is 7.55. The maximum Gasteiger partial charge on any atom is 0.0543 e. The molecule has 8 atom stereocenters. The summed E-state index contributed by atoms with van der Waals surface area (Å²) in [6.45, 7) is 14.7. The standard InChI is InChI=1S/C28H46O/c1-18(2)19(3)7-8-20(4)24-11-12-25-23-10-9-21-17-22(29)13-15-27(21,5)26(23)14-16-28(24,25)6/h7,10,18,20-22,24-26,29H,8-9,11-17H2,1-6H3/t20-,21?,22+,24-,25+,26+,27+,28-/m1/s1. The van der Waals surface area contributed by atoms with Gasteiger partial charge in [0, 0.05) is 0 Å². The SMILES string of the molecule is CC(=CC[C@@H](C)[C@H]1CC[C@H]2C3=CCC4C[C@@H](O)CC[C@]4(C)[C@H]3CC[C@]12C)C(C)C. The van der Waals surface area contributed by atoms with E-state index in [-0.39, 0.29) is 6.10 Å². The number of fused-ring (bicyclic) bond motifs is 5. The Kier molecular flexibility index (Phi) is 5.86. The highest BCUT2D eigenvalue weighted by Crippen LogP contribution is 2.66. The van der Waals surface area contributed by atoms with Crippen LogP contribution in [0.3, 0.4) is 0 Å². The first-order chi connectivity index (χ1) is 13.7. The minimum atomic E-state index is -0.0454. The number of hydrogen-bond acceptors (Lipinski definition) is 1. The average Bonchev–Trinajstić information content (AvgIpc) is 3.03. The summed E-state index contributed by atoms with van der Waals surface area (Å²) >= 11 is 0. The zero-order valence-corrected chi connectivity index (χ0v) is 20.0. The molecule has 4 rings (SSSR count). The first kappa shape index (κ1) is 21.7. The molecule has 0 aromatic heterocycles. The van der Waals surface area contributed by atoms with Gasteiger partial charge in [-0.05, 0) is 111 Å². The van der Waals surface area contributed by atoms with Crippen LogP contribution >= 0.6 is 0 Å². The van der Waals surface area contributed by atoms with Crippen LogP contribution in [0.1, 0.15) is 99.3 Å². The second kappa shape index (κ2) is 7.85. The molecule has 4 aliphatic rings. The van der Waals surface area contributed by atoms with Gasteiger partial charge in [0.1, 0.15) is 0 Å². The molecule has 1 N–H and O–H groups in total. The van der Waals surface area contributed by atoms with Gasteiger partial charge >= 0.3 is 0 Å². The van der Waals surface area contributed by atoms with E-state index in [1.54, 1.807) is 5.57 Å². The Morgan fingerprint density at radius 3 is 2.48 bits per heavy atom. The van der Waals surface area contributed by atoms with E-state index < -0.39 is 0 Å². The van der Waals surface area contributed by atoms with Crippen LogP contribution < -0.4 is 0 Å². The first-order valence-electron chi connectivity index (χ1n) is 12.7. The molecule has 4 aliphatic carbocycles. The fraction of sp³-hybridized carbons (Fsp3) is 0.857. The average molecular weight is 399 g/mol. The maximum atomic E-state index is 10.2. The molecule has 0 aliphatic heterocycles. The Morgan fingerprint density at radius 2 is 1.76 bits per heavy atom. The summed E-state index contributed by atoms with van der Waals surface area (Å²) in [4.78, 5) is 0. The molecule has 0 aromatic rings. The molecular formula is C28H46O. The summed E-state index contributed by atoms with van der Waals surface area (Å²) in [5, 5.41) is 10.2. The Bertz CT molecular complexity index is 672. The van der Waals surface area contributed by atoms with Gasteiger partial charge in [0.25, 0.3) is 0 Å². The van der Waals surface area contributed by atoms with E-state index in [0.29, 0.717) is 22.7 Å². The summed E-state index contributed by atoms with van der Waals surface area (Å²) in [6, 6.07) is 0. The van der Waals surface area contributed by atoms with Crippen LogP contribution in [-0.2, 0) is 0 Å². The number of allylic oxidation sites excluding steroid dienone is 4. The van der Waals surface area contributed by atoms with Crippen LogP contribution in [0.25, 0.3) is 0 Å². The van der Waals surface area contributed by atoms with Gasteiger partial charge in [0.05, 0.1) is 6.10 Å². The Balaban J connectivity index is 1.53. The summed E-state index contributed by atoms with van der Waals surface area (Å²) in [7, 11) is 0. The van der Waals surface area contributed by atoms with Crippen molar-refractivity contribution in [2.75, 3.05) is 0 Å². The normalized spacial score (nSPS) is 46.0. The van der Waals surface area contributed by atoms with Crippen LogP contribution in [0.2, 0.25) is 0 Å². The van der Waals surface area contributed by atoms with E-state index >= 15 is 0 Å². The zero-order valence-electron chi connectivity index (χ0n) is 20.0. The van der Waals surface area contributed by atoms with Crippen molar-refractivity contribution in [3.05, 3.63) is 23.3 Å². The largest absolute Gasteiger partial charge is 0.393 e. The Labute approximate surface area is 180 Å². The fourth-order valence-corrected chi connectivity index (χ4v) is 8.24. The molecule has 164 valence electrons. The number of aliphatic hydroxyl groups excluding tert-OH is 1. The lowest BCUT2D eigenvalue weighted by Crippen LogP contribution is -2.49. The van der Waals surface area contributed by atoms with Gasteiger partial charge in [-0.2, -0.15) is 0 Å². The second-order valence-corrected chi connectivity index (χ2v) is 12.2. The molecule has 3 fully saturated rings. The van der Waals surface area contributed by atoms with Crippen molar-refractivity contribution in [1.82, 2.24) is 0 Å². The summed E-state index contributed by atoms with van der Waals surface area (Å²) in [6.07, 6.45) is 16.6. The highest BCUT2D eigenvalue weighted by Gasteiger charge is 2.58. The highest BCUT2D eigenvalue weighted by atomic mass is 16.3. The minimum absolute atomic E-state index is 0.0454. The van der Waals surface area contributed by atoms with Crippen molar-refractivity contribution >= 4 is 0 Å². The summed E-state index contributed by atoms with van der Waals surface area (Å²) in [5.74, 6) is 4.69. The lowest BCUT2D eigenvalue weighted by Gasteiger charge is -2.57. The van der Waals surface area contributed by atoms with E-state index in [0.717, 1.165) is 36.5 Å². The van der Waals surface area contributed by atoms with Gasteiger partial charge < -0.3 is 5.11 Å². The van der Waals surface area contributed by atoms with E-state index in [9.17, 15) is 5.11 Å². The number of aliphatic hydroxyl groups is 1. The van der Waals surface area contributed by atoms with Crippen molar-refractivity contribution in [2.45, 2.75) is 105 Å². The van der Waals surface area contributed by atoms with Gasteiger partial charge in [0.2, 0.25) is 0 Å². The maximum absolute atomic E-state index is 10.2. The van der Waals surface area contributed by atoms with Crippen LogP contribution in [0.5, 0.6) is 0 Å². The molecule has 0 spiro atoms. The molecule has 0 amide bonds. The van der Waals surface area contributed by atoms with Gasteiger partial charge in [-0.15, -0.1) is 0 Å². The molecule has 1 nitrogen and oxygen atoms in total. The molecule has 3 saturated carbocycles. The summed E-state index contributed by atoms with van der Waals surface area (Å²) in [5.41, 5.74) is 4.38. The third-order valence-corrected chi connectivity index (χ3v) is 10.5. The Morgan fingerprint density at radius 1 is 1.07 bits per heavy atom. The molecule has 0 aromatic carbocycles. The van der Waals surface area contributed by atoms with Crippen molar-refractivity contribution < 1.29 is 5.11 Å². The van der Waals surface area contributed by atoms with E-state index in [2.05, 4.69) is 53.7 Å². The molecular weight excluding hydrogens is 352 g/mol. The van der Waals surface area contributed by atoms with Crippen LogP contribution in [0.15, 0.2) is 23.3 Å². The quantitative estimate of drug-likeness (QED) is 0.484. The topological polar surface area (TPSA) is 20.2 Å². The van der Waals surface area contributed by atoms with Gasteiger partial charge in [0.15, 0.2) is 0 Å². The monoisotopic (exact) mass is 398 g/mol. The predicted molar refractivity (Wildman–Crippen MR) is 124 cm³/mol. The van der Waals surface area contributed by atoms with E-state index in [1.807, 2.05) is 5.57 Å². The molecule has 29 heavy (non-hydrogen) atoms. The second-order valence-electron chi connectivity index (χ2n) is 12.2. The molecule has 0 heterocycles. The third kappa shape index (κ3) is 3.58. The highest BCUT2D eigenvalue weighted by molar-refractivity contribution is 5.27. The molecule has 0 radical (unpaired) electrons.